The molecule has 0 amide bonds. The average Bonchev–Trinajstić information content (AvgIpc) is 2.98. The number of nitrogens with zero attached hydrogens (tertiary/aromatic N) is 1. The predicted octanol–water partition coefficient (Wildman–Crippen LogP) is 1.10. The van der Waals surface area contributed by atoms with Gasteiger partial charge in [-0.2, -0.15) is 4.31 Å². The Balaban J connectivity index is 2.36. The largest absolute Gasteiger partial charge is 0.480 e. The lowest BCUT2D eigenvalue weighted by atomic mass is 10.2. The molecule has 0 aliphatic carbocycles. The molecule has 120 valence electrons. The summed E-state index contributed by atoms with van der Waals surface area (Å²) in [4.78, 5) is 22.8. The maximum Gasteiger partial charge on any atom is 0.338 e. The summed E-state index contributed by atoms with van der Waals surface area (Å²) in [6.07, 6.45) is 0.778. The number of carboxylic acids is 1. The van der Waals surface area contributed by atoms with Crippen molar-refractivity contribution in [1.29, 1.82) is 0 Å². The highest BCUT2D eigenvalue weighted by Crippen LogP contribution is 2.26. The van der Waals surface area contributed by atoms with Crippen LogP contribution in [-0.4, -0.2) is 49.0 Å². The van der Waals surface area contributed by atoms with Gasteiger partial charge in [-0.15, -0.1) is 0 Å². The van der Waals surface area contributed by atoms with Crippen LogP contribution in [-0.2, 0) is 19.6 Å². The molecule has 1 fully saturated rings. The van der Waals surface area contributed by atoms with E-state index in [0.29, 0.717) is 6.42 Å². The summed E-state index contributed by atoms with van der Waals surface area (Å²) >= 11 is 0. The van der Waals surface area contributed by atoms with Gasteiger partial charge in [0.1, 0.15) is 6.04 Å². The van der Waals surface area contributed by atoms with Gasteiger partial charge < -0.3 is 9.84 Å². The second-order valence-electron chi connectivity index (χ2n) is 4.86. The standard InChI is InChI=1S/C14H17NO6S/c1-2-21-14(18)10-5-3-6-11(9-10)22(19,20)15-8-4-7-12(15)13(16)17/h3,5-6,9,12H,2,4,7-8H2,1H3,(H,16,17)/t12-/m1/s1. The fourth-order valence-corrected chi connectivity index (χ4v) is 4.11. The third kappa shape index (κ3) is 3.12. The van der Waals surface area contributed by atoms with Crippen LogP contribution in [0.5, 0.6) is 0 Å². The maximum atomic E-state index is 12.6. The molecule has 1 saturated heterocycles. The molecule has 1 atom stereocenters. The van der Waals surface area contributed by atoms with Gasteiger partial charge in [-0.25, -0.2) is 13.2 Å². The van der Waals surface area contributed by atoms with Gasteiger partial charge in [-0.3, -0.25) is 4.79 Å². The molecule has 1 aliphatic rings. The second-order valence-corrected chi connectivity index (χ2v) is 6.75. The minimum atomic E-state index is -3.96. The zero-order valence-electron chi connectivity index (χ0n) is 12.1. The minimum Gasteiger partial charge on any atom is -0.480 e. The molecule has 0 unspecified atom stereocenters. The summed E-state index contributed by atoms with van der Waals surface area (Å²) in [6, 6.07) is 4.39. The molecule has 2 rings (SSSR count). The summed E-state index contributed by atoms with van der Waals surface area (Å²) in [5.74, 6) is -1.78. The Kier molecular flexibility index (Phi) is 4.82. The molecule has 0 aromatic heterocycles. The van der Waals surface area contributed by atoms with Gasteiger partial charge >= 0.3 is 11.9 Å². The Morgan fingerprint density at radius 2 is 2.14 bits per heavy atom. The molecule has 0 bridgehead atoms. The number of benzene rings is 1. The van der Waals surface area contributed by atoms with E-state index in [0.717, 1.165) is 4.31 Å². The highest BCUT2D eigenvalue weighted by Gasteiger charge is 2.39. The molecule has 0 radical (unpaired) electrons. The highest BCUT2D eigenvalue weighted by molar-refractivity contribution is 7.89. The molecule has 1 aliphatic heterocycles. The van der Waals surface area contributed by atoms with Crippen molar-refractivity contribution < 1.29 is 27.9 Å². The van der Waals surface area contributed by atoms with Crippen LogP contribution in [0.1, 0.15) is 30.1 Å². The predicted molar refractivity (Wildman–Crippen MR) is 76.9 cm³/mol. The summed E-state index contributed by atoms with van der Waals surface area (Å²) in [5, 5.41) is 9.13. The van der Waals surface area contributed by atoms with Gasteiger partial charge in [0.2, 0.25) is 10.0 Å². The van der Waals surface area contributed by atoms with E-state index in [1.54, 1.807) is 6.92 Å². The number of rotatable bonds is 5. The van der Waals surface area contributed by atoms with Crippen LogP contribution in [0.15, 0.2) is 29.2 Å². The molecule has 1 aromatic rings. The first-order valence-corrected chi connectivity index (χ1v) is 8.33. The van der Waals surface area contributed by atoms with Gasteiger partial charge in [-0.1, -0.05) is 6.07 Å². The lowest BCUT2D eigenvalue weighted by molar-refractivity contribution is -0.140. The third-order valence-corrected chi connectivity index (χ3v) is 5.34. The molecular weight excluding hydrogens is 310 g/mol. The van der Waals surface area contributed by atoms with Gasteiger partial charge in [-0.05, 0) is 38.0 Å². The third-order valence-electron chi connectivity index (χ3n) is 3.44. The van der Waals surface area contributed by atoms with Crippen molar-refractivity contribution in [3.63, 3.8) is 0 Å². The smallest absolute Gasteiger partial charge is 0.338 e. The van der Waals surface area contributed by atoms with Crippen LogP contribution in [0.4, 0.5) is 0 Å². The molecule has 1 N–H and O–H groups in total. The summed E-state index contributed by atoms with van der Waals surface area (Å²) in [5.41, 5.74) is 0.119. The number of hydrogen-bond acceptors (Lipinski definition) is 5. The number of carboxylic acid groups (broad SMARTS) is 1. The van der Waals surface area contributed by atoms with Gasteiger partial charge in [0.25, 0.3) is 0 Å². The van der Waals surface area contributed by atoms with E-state index in [4.69, 9.17) is 9.84 Å². The highest BCUT2D eigenvalue weighted by atomic mass is 32.2. The molecule has 0 spiro atoms. The first kappa shape index (κ1) is 16.4. The first-order chi connectivity index (χ1) is 10.4. The summed E-state index contributed by atoms with van der Waals surface area (Å²) in [7, 11) is -3.96. The van der Waals surface area contributed by atoms with E-state index in [2.05, 4.69) is 0 Å². The van der Waals surface area contributed by atoms with E-state index in [9.17, 15) is 18.0 Å². The normalized spacial score (nSPS) is 19.0. The summed E-state index contributed by atoms with van der Waals surface area (Å²) < 4.78 is 31.0. The van der Waals surface area contributed by atoms with Crippen molar-refractivity contribution in [2.45, 2.75) is 30.7 Å². The number of aliphatic carboxylic acids is 1. The SMILES string of the molecule is CCOC(=O)c1cccc(S(=O)(=O)N2CCC[C@@H]2C(=O)O)c1. The summed E-state index contributed by atoms with van der Waals surface area (Å²) in [6.45, 7) is 1.99. The maximum absolute atomic E-state index is 12.6. The topological polar surface area (TPSA) is 101 Å². The van der Waals surface area contributed by atoms with Gasteiger partial charge in [0, 0.05) is 6.54 Å². The van der Waals surface area contributed by atoms with Crippen LogP contribution in [0, 0.1) is 0 Å². The molecule has 1 aromatic carbocycles. The number of sulfonamides is 1. The van der Waals surface area contributed by atoms with E-state index in [1.165, 1.54) is 24.3 Å². The molecular formula is C14H17NO6S. The van der Waals surface area contributed by atoms with Crippen LogP contribution in [0.25, 0.3) is 0 Å². The van der Waals surface area contributed by atoms with E-state index in [-0.39, 0.29) is 30.0 Å². The lowest BCUT2D eigenvalue weighted by Crippen LogP contribution is -2.40. The zero-order valence-corrected chi connectivity index (χ0v) is 12.9. The monoisotopic (exact) mass is 327 g/mol. The van der Waals surface area contributed by atoms with Crippen molar-refractivity contribution >= 4 is 22.0 Å². The van der Waals surface area contributed by atoms with E-state index < -0.39 is 28.0 Å². The van der Waals surface area contributed by atoms with Crippen molar-refractivity contribution in [1.82, 2.24) is 4.31 Å². The van der Waals surface area contributed by atoms with Gasteiger partial charge in [0.15, 0.2) is 0 Å². The fraction of sp³-hybridized carbons (Fsp3) is 0.429. The van der Waals surface area contributed by atoms with Crippen molar-refractivity contribution in [3.05, 3.63) is 29.8 Å². The average molecular weight is 327 g/mol. The first-order valence-electron chi connectivity index (χ1n) is 6.89. The van der Waals surface area contributed by atoms with Crippen molar-refractivity contribution in [2.24, 2.45) is 0 Å². The fourth-order valence-electron chi connectivity index (χ4n) is 2.41. The van der Waals surface area contributed by atoms with Crippen LogP contribution < -0.4 is 0 Å². The van der Waals surface area contributed by atoms with Gasteiger partial charge in [0.05, 0.1) is 17.1 Å². The Hall–Kier alpha value is -1.93. The van der Waals surface area contributed by atoms with Crippen LogP contribution in [0.2, 0.25) is 0 Å². The quantitative estimate of drug-likeness (QED) is 0.813. The van der Waals surface area contributed by atoms with Crippen molar-refractivity contribution in [3.8, 4) is 0 Å². The number of hydrogen-bond donors (Lipinski definition) is 1. The second kappa shape index (κ2) is 6.45. The Morgan fingerprint density at radius 1 is 1.41 bits per heavy atom. The molecule has 0 saturated carbocycles. The van der Waals surface area contributed by atoms with Crippen LogP contribution in [0.3, 0.4) is 0 Å². The Labute approximate surface area is 128 Å². The van der Waals surface area contributed by atoms with Crippen LogP contribution >= 0.6 is 0 Å². The minimum absolute atomic E-state index is 0.105. The number of esters is 1. The zero-order chi connectivity index (χ0) is 16.3. The molecule has 7 nitrogen and oxygen atoms in total. The Morgan fingerprint density at radius 3 is 2.77 bits per heavy atom. The molecule has 1 heterocycles. The lowest BCUT2D eigenvalue weighted by Gasteiger charge is -2.21. The van der Waals surface area contributed by atoms with E-state index in [1.807, 2.05) is 0 Å². The number of carbonyl (C=O) groups is 2. The number of ether oxygens (including phenoxy) is 1. The molecule has 8 heteroatoms. The van der Waals surface area contributed by atoms with E-state index >= 15 is 0 Å². The van der Waals surface area contributed by atoms with Crippen molar-refractivity contribution in [2.75, 3.05) is 13.2 Å². The Bertz CT molecular complexity index is 684. The number of carbonyl (C=O) groups excluding carboxylic acids is 1. The molecule has 22 heavy (non-hydrogen) atoms.